The third kappa shape index (κ3) is 3.16. The molecule has 0 saturated carbocycles. The average molecular weight is 271 g/mol. The summed E-state index contributed by atoms with van der Waals surface area (Å²) in [5.41, 5.74) is -2.78. The van der Waals surface area contributed by atoms with Gasteiger partial charge in [-0.05, 0) is 31.7 Å². The molecule has 0 fully saturated rings. The second kappa shape index (κ2) is 4.79. The van der Waals surface area contributed by atoms with Gasteiger partial charge in [-0.1, -0.05) is 6.07 Å². The molecule has 18 heavy (non-hydrogen) atoms. The van der Waals surface area contributed by atoms with Crippen LogP contribution in [0.25, 0.3) is 0 Å². The molecule has 1 unspecified atom stereocenters. The van der Waals surface area contributed by atoms with E-state index in [9.17, 15) is 26.3 Å². The minimum Gasteiger partial charge on any atom is -0.313 e. The topological polar surface area (TPSA) is 12.0 Å². The van der Waals surface area contributed by atoms with Crippen LogP contribution in [0.5, 0.6) is 0 Å². The van der Waals surface area contributed by atoms with Gasteiger partial charge in [0.25, 0.3) is 0 Å². The fourth-order valence-corrected chi connectivity index (χ4v) is 1.51. The van der Waals surface area contributed by atoms with Crippen LogP contribution < -0.4 is 5.32 Å². The van der Waals surface area contributed by atoms with E-state index in [0.29, 0.717) is 6.07 Å². The van der Waals surface area contributed by atoms with Gasteiger partial charge in [0.2, 0.25) is 0 Å². The van der Waals surface area contributed by atoms with E-state index >= 15 is 0 Å². The van der Waals surface area contributed by atoms with Crippen LogP contribution in [0.3, 0.4) is 0 Å². The predicted octanol–water partition coefficient (Wildman–Crippen LogP) is 4.00. The van der Waals surface area contributed by atoms with E-state index in [1.807, 2.05) is 0 Å². The van der Waals surface area contributed by atoms with Gasteiger partial charge in [-0.15, -0.1) is 0 Å². The number of halogens is 6. The number of alkyl halides is 6. The van der Waals surface area contributed by atoms with Gasteiger partial charge >= 0.3 is 12.4 Å². The molecule has 0 bridgehead atoms. The van der Waals surface area contributed by atoms with Gasteiger partial charge in [-0.2, -0.15) is 26.3 Å². The summed E-state index contributed by atoms with van der Waals surface area (Å²) < 4.78 is 75.3. The molecular weight excluding hydrogens is 260 g/mol. The molecule has 0 aliphatic carbocycles. The van der Waals surface area contributed by atoms with E-state index in [0.717, 1.165) is 6.07 Å². The van der Waals surface area contributed by atoms with Crippen molar-refractivity contribution in [1.29, 1.82) is 0 Å². The highest BCUT2D eigenvalue weighted by atomic mass is 19.4. The molecule has 0 aliphatic rings. The summed E-state index contributed by atoms with van der Waals surface area (Å²) in [7, 11) is 1.43. The minimum absolute atomic E-state index is 0.142. The first-order valence-corrected chi connectivity index (χ1v) is 5.03. The lowest BCUT2D eigenvalue weighted by atomic mass is 9.98. The number of hydrogen-bond acceptors (Lipinski definition) is 1. The zero-order chi connectivity index (χ0) is 14.1. The van der Waals surface area contributed by atoms with Crippen molar-refractivity contribution in [2.24, 2.45) is 0 Å². The summed E-state index contributed by atoms with van der Waals surface area (Å²) in [4.78, 5) is 0. The number of benzene rings is 1. The lowest BCUT2D eigenvalue weighted by Crippen LogP contribution is -2.19. The first kappa shape index (κ1) is 14.8. The highest BCUT2D eigenvalue weighted by Crippen LogP contribution is 2.38. The lowest BCUT2D eigenvalue weighted by Gasteiger charge is -2.19. The van der Waals surface area contributed by atoms with Gasteiger partial charge in [-0.25, -0.2) is 0 Å². The molecule has 1 atom stereocenters. The molecule has 0 radical (unpaired) electrons. The molecule has 0 heterocycles. The van der Waals surface area contributed by atoms with Gasteiger partial charge in [0.1, 0.15) is 0 Å². The van der Waals surface area contributed by atoms with Gasteiger partial charge in [0.15, 0.2) is 0 Å². The van der Waals surface area contributed by atoms with Crippen molar-refractivity contribution < 1.29 is 26.3 Å². The molecule has 0 spiro atoms. The van der Waals surface area contributed by atoms with Crippen LogP contribution >= 0.6 is 0 Å². The molecule has 1 rings (SSSR count). The van der Waals surface area contributed by atoms with Crippen molar-refractivity contribution in [1.82, 2.24) is 5.32 Å². The Kier molecular flexibility index (Phi) is 3.95. The van der Waals surface area contributed by atoms with Crippen LogP contribution in [0.15, 0.2) is 18.2 Å². The molecular formula is C11H11F6N. The molecule has 1 aromatic rings. The van der Waals surface area contributed by atoms with Crippen LogP contribution in [0, 0.1) is 0 Å². The van der Waals surface area contributed by atoms with Crippen molar-refractivity contribution in [3.63, 3.8) is 0 Å². The molecule has 1 aromatic carbocycles. The molecule has 0 aromatic heterocycles. The molecule has 1 nitrogen and oxygen atoms in total. The number of nitrogens with one attached hydrogen (secondary N) is 1. The summed E-state index contributed by atoms with van der Waals surface area (Å²) in [5.74, 6) is 0. The van der Waals surface area contributed by atoms with Gasteiger partial charge in [0, 0.05) is 6.04 Å². The first-order chi connectivity index (χ1) is 8.07. The SMILES string of the molecule is CNC(C)c1ccc(C(F)(F)F)cc1C(F)(F)F. The molecule has 0 saturated heterocycles. The molecule has 7 heteroatoms. The maximum Gasteiger partial charge on any atom is 0.416 e. The molecule has 0 aliphatic heterocycles. The quantitative estimate of drug-likeness (QED) is 0.801. The second-order valence-corrected chi connectivity index (χ2v) is 3.81. The normalized spacial score (nSPS) is 14.7. The van der Waals surface area contributed by atoms with E-state index in [2.05, 4.69) is 5.32 Å². The summed E-state index contributed by atoms with van der Waals surface area (Å²) in [5, 5.41) is 2.57. The number of rotatable bonds is 2. The summed E-state index contributed by atoms with van der Waals surface area (Å²) in [6, 6.07) is 0.956. The third-order valence-corrected chi connectivity index (χ3v) is 2.59. The molecule has 1 N–H and O–H groups in total. The van der Waals surface area contributed by atoms with Crippen molar-refractivity contribution in [3.8, 4) is 0 Å². The van der Waals surface area contributed by atoms with Crippen molar-refractivity contribution in [3.05, 3.63) is 34.9 Å². The standard InChI is InChI=1S/C11H11F6N/c1-6(18-2)8-4-3-7(10(12,13)14)5-9(8)11(15,16)17/h3-6,18H,1-2H3. The first-order valence-electron chi connectivity index (χ1n) is 5.03. The predicted molar refractivity (Wildman–Crippen MR) is 53.9 cm³/mol. The largest absolute Gasteiger partial charge is 0.416 e. The van der Waals surface area contributed by atoms with E-state index in [1.54, 1.807) is 0 Å². The Morgan fingerprint density at radius 2 is 1.56 bits per heavy atom. The van der Waals surface area contributed by atoms with Gasteiger partial charge in [0.05, 0.1) is 11.1 Å². The van der Waals surface area contributed by atoms with Gasteiger partial charge in [-0.3, -0.25) is 0 Å². The van der Waals surface area contributed by atoms with E-state index in [-0.39, 0.29) is 11.6 Å². The van der Waals surface area contributed by atoms with Crippen molar-refractivity contribution in [2.75, 3.05) is 7.05 Å². The third-order valence-electron chi connectivity index (χ3n) is 2.59. The van der Waals surface area contributed by atoms with Crippen LogP contribution in [0.2, 0.25) is 0 Å². The summed E-state index contributed by atoms with van der Waals surface area (Å²) >= 11 is 0. The fourth-order valence-electron chi connectivity index (χ4n) is 1.51. The highest BCUT2D eigenvalue weighted by Gasteiger charge is 2.38. The number of hydrogen-bond donors (Lipinski definition) is 1. The Bertz CT molecular complexity index is 421. The van der Waals surface area contributed by atoms with Crippen molar-refractivity contribution >= 4 is 0 Å². The zero-order valence-corrected chi connectivity index (χ0v) is 9.58. The average Bonchev–Trinajstić information content (AvgIpc) is 2.24. The smallest absolute Gasteiger partial charge is 0.313 e. The molecule has 0 amide bonds. The van der Waals surface area contributed by atoms with E-state index in [1.165, 1.54) is 14.0 Å². The summed E-state index contributed by atoms with van der Waals surface area (Å²) in [6.45, 7) is 1.44. The van der Waals surface area contributed by atoms with E-state index in [4.69, 9.17) is 0 Å². The second-order valence-electron chi connectivity index (χ2n) is 3.81. The Morgan fingerprint density at radius 1 is 1.00 bits per heavy atom. The maximum atomic E-state index is 12.7. The van der Waals surface area contributed by atoms with Crippen LogP contribution in [0.1, 0.15) is 29.7 Å². The minimum atomic E-state index is -4.82. The highest BCUT2D eigenvalue weighted by molar-refractivity contribution is 5.37. The molecule has 102 valence electrons. The Morgan fingerprint density at radius 3 is 1.94 bits per heavy atom. The lowest BCUT2D eigenvalue weighted by molar-refractivity contribution is -0.143. The van der Waals surface area contributed by atoms with Crippen molar-refractivity contribution in [2.45, 2.75) is 25.3 Å². The zero-order valence-electron chi connectivity index (χ0n) is 9.58. The Hall–Kier alpha value is -1.24. The van der Waals surface area contributed by atoms with Gasteiger partial charge < -0.3 is 5.32 Å². The Labute approximate surface area is 99.8 Å². The van der Waals surface area contributed by atoms with Crippen LogP contribution in [-0.2, 0) is 12.4 Å². The van der Waals surface area contributed by atoms with Crippen LogP contribution in [-0.4, -0.2) is 7.05 Å². The summed E-state index contributed by atoms with van der Waals surface area (Å²) in [6.07, 6.45) is -9.61. The fraction of sp³-hybridized carbons (Fsp3) is 0.455. The van der Waals surface area contributed by atoms with E-state index < -0.39 is 29.5 Å². The monoisotopic (exact) mass is 271 g/mol. The Balaban J connectivity index is 3.40. The maximum absolute atomic E-state index is 12.7. The van der Waals surface area contributed by atoms with Crippen LogP contribution in [0.4, 0.5) is 26.3 Å².